The summed E-state index contributed by atoms with van der Waals surface area (Å²) in [5, 5.41) is 1.49. The lowest BCUT2D eigenvalue weighted by atomic mass is 10.1. The van der Waals surface area contributed by atoms with Crippen molar-refractivity contribution in [3.05, 3.63) is 80.6 Å². The highest BCUT2D eigenvalue weighted by molar-refractivity contribution is 7.98. The summed E-state index contributed by atoms with van der Waals surface area (Å²) in [4.78, 5) is 53.9. The van der Waals surface area contributed by atoms with Crippen LogP contribution in [0.1, 0.15) is 24.7 Å². The largest absolute Gasteiger partial charge is 0.346 e. The zero-order valence-corrected chi connectivity index (χ0v) is 20.6. The van der Waals surface area contributed by atoms with Gasteiger partial charge >= 0.3 is 0 Å². The minimum atomic E-state index is -0.339. The van der Waals surface area contributed by atoms with Crippen LogP contribution < -0.4 is 16.0 Å². The molecule has 0 radical (unpaired) electrons. The standard InChI is InChI=1S/C24H19ClN8O2S/c1-36-24-30-19-18(22(34)28-12-27-19)21(31-24)32-10-4-8-16(32)20-29-15-7-2-6-14(25)17(15)23(35)33(20)13-5-3-9-26-11-13/h2-3,5-7,9,11-12,16H,4,8,10H2,1H3,(H,27,28,30,31,34)/t16-/m0/s1. The van der Waals surface area contributed by atoms with Crippen molar-refractivity contribution in [1.29, 1.82) is 0 Å². The molecule has 5 heterocycles. The molecule has 1 aliphatic rings. The highest BCUT2D eigenvalue weighted by Gasteiger charge is 2.34. The maximum atomic E-state index is 13.8. The minimum absolute atomic E-state index is 0.280. The predicted molar refractivity (Wildman–Crippen MR) is 139 cm³/mol. The molecule has 10 nitrogen and oxygen atoms in total. The van der Waals surface area contributed by atoms with Gasteiger partial charge in [-0.1, -0.05) is 29.4 Å². The van der Waals surface area contributed by atoms with Gasteiger partial charge in [0.05, 0.1) is 40.2 Å². The number of halogens is 1. The second kappa shape index (κ2) is 8.99. The smallest absolute Gasteiger partial charge is 0.267 e. The Hall–Kier alpha value is -3.83. The molecule has 6 rings (SSSR count). The van der Waals surface area contributed by atoms with E-state index in [0.717, 1.165) is 6.42 Å². The van der Waals surface area contributed by atoms with Crippen LogP contribution in [-0.2, 0) is 0 Å². The van der Waals surface area contributed by atoms with Crippen LogP contribution in [0.2, 0.25) is 5.02 Å². The van der Waals surface area contributed by atoms with E-state index in [0.29, 0.717) is 62.4 Å². The van der Waals surface area contributed by atoms with Crippen LogP contribution in [-0.4, -0.2) is 47.3 Å². The molecule has 1 N–H and O–H groups in total. The van der Waals surface area contributed by atoms with E-state index < -0.39 is 0 Å². The molecule has 4 aromatic heterocycles. The lowest BCUT2D eigenvalue weighted by molar-refractivity contribution is 0.631. The Labute approximate surface area is 213 Å². The van der Waals surface area contributed by atoms with Crippen molar-refractivity contribution in [2.45, 2.75) is 24.0 Å². The second-order valence-corrected chi connectivity index (χ2v) is 9.45. The monoisotopic (exact) mass is 518 g/mol. The van der Waals surface area contributed by atoms with Crippen molar-refractivity contribution < 1.29 is 0 Å². The molecular weight excluding hydrogens is 500 g/mol. The summed E-state index contributed by atoms with van der Waals surface area (Å²) in [5.41, 5.74) is 0.803. The average molecular weight is 519 g/mol. The quantitative estimate of drug-likeness (QED) is 0.281. The number of H-pyrrole nitrogens is 1. The van der Waals surface area contributed by atoms with E-state index in [2.05, 4.69) is 19.9 Å². The van der Waals surface area contributed by atoms with Crippen molar-refractivity contribution in [2.24, 2.45) is 0 Å². The van der Waals surface area contributed by atoms with E-state index in [4.69, 9.17) is 21.6 Å². The van der Waals surface area contributed by atoms with Gasteiger partial charge in [-0.15, -0.1) is 0 Å². The Morgan fingerprint density at radius 3 is 2.81 bits per heavy atom. The van der Waals surface area contributed by atoms with Crippen molar-refractivity contribution in [1.82, 2.24) is 34.5 Å². The number of hydrogen-bond acceptors (Lipinski definition) is 9. The number of aromatic amines is 1. The van der Waals surface area contributed by atoms with E-state index in [9.17, 15) is 9.59 Å². The number of nitrogens with zero attached hydrogens (tertiary/aromatic N) is 7. The van der Waals surface area contributed by atoms with Gasteiger partial charge in [-0.25, -0.2) is 19.9 Å². The summed E-state index contributed by atoms with van der Waals surface area (Å²) >= 11 is 7.80. The first-order valence-electron chi connectivity index (χ1n) is 11.2. The maximum Gasteiger partial charge on any atom is 0.267 e. The highest BCUT2D eigenvalue weighted by atomic mass is 35.5. The molecule has 180 valence electrons. The number of anilines is 1. The number of nitrogens with one attached hydrogen (secondary N) is 1. The first-order chi connectivity index (χ1) is 17.6. The molecule has 1 saturated heterocycles. The Morgan fingerprint density at radius 2 is 2.00 bits per heavy atom. The number of rotatable bonds is 4. The van der Waals surface area contributed by atoms with Gasteiger partial charge in [0.2, 0.25) is 0 Å². The molecule has 0 amide bonds. The van der Waals surface area contributed by atoms with E-state index >= 15 is 0 Å². The van der Waals surface area contributed by atoms with Crippen LogP contribution in [0.5, 0.6) is 0 Å². The van der Waals surface area contributed by atoms with Crippen molar-refractivity contribution in [2.75, 3.05) is 17.7 Å². The van der Waals surface area contributed by atoms with Crippen LogP contribution in [0.3, 0.4) is 0 Å². The number of thioether (sulfide) groups is 1. The molecule has 5 aromatic rings. The van der Waals surface area contributed by atoms with Crippen molar-refractivity contribution in [3.63, 3.8) is 0 Å². The fourth-order valence-electron chi connectivity index (χ4n) is 4.69. The molecule has 0 spiro atoms. The molecular formula is C24H19ClN8O2S. The normalized spacial score (nSPS) is 15.7. The summed E-state index contributed by atoms with van der Waals surface area (Å²) in [6, 6.07) is 8.46. The lowest BCUT2D eigenvalue weighted by Crippen LogP contribution is -2.33. The molecule has 0 bridgehead atoms. The van der Waals surface area contributed by atoms with Crippen LogP contribution in [0.15, 0.2) is 63.8 Å². The van der Waals surface area contributed by atoms with Gasteiger partial charge in [0.15, 0.2) is 10.8 Å². The number of aromatic nitrogens is 7. The van der Waals surface area contributed by atoms with Crippen molar-refractivity contribution in [3.8, 4) is 5.69 Å². The Morgan fingerprint density at radius 1 is 1.11 bits per heavy atom. The molecule has 0 unspecified atom stereocenters. The fourth-order valence-corrected chi connectivity index (χ4v) is 5.30. The summed E-state index contributed by atoms with van der Waals surface area (Å²) in [5.74, 6) is 0.998. The van der Waals surface area contributed by atoms with Gasteiger partial charge < -0.3 is 9.88 Å². The van der Waals surface area contributed by atoms with Gasteiger partial charge in [-0.3, -0.25) is 19.1 Å². The average Bonchev–Trinajstić information content (AvgIpc) is 3.38. The first-order valence-corrected chi connectivity index (χ1v) is 12.8. The van der Waals surface area contributed by atoms with Crippen LogP contribution in [0.25, 0.3) is 27.6 Å². The molecule has 1 fully saturated rings. The minimum Gasteiger partial charge on any atom is -0.346 e. The van der Waals surface area contributed by atoms with Crippen molar-refractivity contribution >= 4 is 51.1 Å². The van der Waals surface area contributed by atoms with E-state index in [1.165, 1.54) is 18.1 Å². The SMILES string of the molecule is CSc1nc(N2CCC[C@H]2c2nc3cccc(Cl)c3c(=O)n2-c2cccnc2)c2c(=O)[nH]cnc2n1. The fraction of sp³-hybridized carbons (Fsp3) is 0.208. The lowest BCUT2D eigenvalue weighted by Gasteiger charge is -2.28. The van der Waals surface area contributed by atoms with Crippen LogP contribution in [0.4, 0.5) is 5.82 Å². The second-order valence-electron chi connectivity index (χ2n) is 8.27. The number of hydrogen-bond donors (Lipinski definition) is 1. The zero-order valence-electron chi connectivity index (χ0n) is 19.1. The van der Waals surface area contributed by atoms with E-state index in [-0.39, 0.29) is 17.2 Å². The summed E-state index contributed by atoms with van der Waals surface area (Å²) < 4.78 is 1.56. The topological polar surface area (TPSA) is 123 Å². The summed E-state index contributed by atoms with van der Waals surface area (Å²) in [6.45, 7) is 0.620. The molecule has 0 saturated carbocycles. The number of pyridine rings is 1. The highest BCUT2D eigenvalue weighted by Crippen LogP contribution is 2.38. The third-order valence-electron chi connectivity index (χ3n) is 6.24. The zero-order chi connectivity index (χ0) is 24.8. The Kier molecular flexibility index (Phi) is 5.65. The summed E-state index contributed by atoms with van der Waals surface area (Å²) in [6.07, 6.45) is 8.00. The first kappa shape index (κ1) is 22.6. The van der Waals surface area contributed by atoms with E-state index in [1.54, 1.807) is 41.2 Å². The molecule has 1 aliphatic heterocycles. The van der Waals surface area contributed by atoms with Gasteiger partial charge in [0.1, 0.15) is 17.0 Å². The maximum absolute atomic E-state index is 13.8. The molecule has 0 aliphatic carbocycles. The molecule has 1 atom stereocenters. The predicted octanol–water partition coefficient (Wildman–Crippen LogP) is 3.52. The van der Waals surface area contributed by atoms with Gasteiger partial charge in [0, 0.05) is 12.7 Å². The van der Waals surface area contributed by atoms with Crippen LogP contribution in [0, 0.1) is 0 Å². The number of benzene rings is 1. The van der Waals surface area contributed by atoms with E-state index in [1.807, 2.05) is 17.2 Å². The van der Waals surface area contributed by atoms with Crippen LogP contribution >= 0.6 is 23.4 Å². The molecule has 12 heteroatoms. The third-order valence-corrected chi connectivity index (χ3v) is 7.10. The third kappa shape index (κ3) is 3.62. The molecule has 1 aromatic carbocycles. The Balaban J connectivity index is 1.63. The Bertz CT molecular complexity index is 1740. The van der Waals surface area contributed by atoms with Gasteiger partial charge in [-0.05, 0) is 43.4 Å². The van der Waals surface area contributed by atoms with Gasteiger partial charge in [0.25, 0.3) is 11.1 Å². The number of fused-ring (bicyclic) bond motifs is 2. The molecule has 36 heavy (non-hydrogen) atoms. The van der Waals surface area contributed by atoms with Gasteiger partial charge in [-0.2, -0.15) is 0 Å². The summed E-state index contributed by atoms with van der Waals surface area (Å²) in [7, 11) is 0.